The van der Waals surface area contributed by atoms with Gasteiger partial charge in [0.05, 0.1) is 12.3 Å². The topological polar surface area (TPSA) is 0 Å². The van der Waals surface area contributed by atoms with Gasteiger partial charge in [-0.25, -0.2) is 0 Å². The molecular weight excluding hydrogens is 1080 g/mol. The average molecular weight is 1250 g/mol. The predicted molar refractivity (Wildman–Crippen MR) is 389 cm³/mol. The molecule has 0 N–H and O–H groups in total. The van der Waals surface area contributed by atoms with Crippen LogP contribution in [0.1, 0.15) is 457 Å². The predicted octanol–water partition coefficient (Wildman–Crippen LogP) is 24.8. The Kier molecular flexibility index (Phi) is 87.1. The third-order valence-corrected chi connectivity index (χ3v) is 21.9. The van der Waals surface area contributed by atoms with Gasteiger partial charge in [0, 0.05) is 54.5 Å². The lowest BCUT2D eigenvalue weighted by molar-refractivity contribution is -0.00100. The normalized spacial score (nSPS) is 11.7. The molecule has 83 heavy (non-hydrogen) atoms. The van der Waals surface area contributed by atoms with Crippen LogP contribution >= 0.6 is 14.5 Å². The van der Waals surface area contributed by atoms with E-state index in [2.05, 4.69) is 53.8 Å². The highest BCUT2D eigenvalue weighted by molar-refractivity contribution is 7.74. The van der Waals surface area contributed by atoms with Crippen molar-refractivity contribution in [2.45, 2.75) is 457 Å². The van der Waals surface area contributed by atoms with E-state index in [-0.39, 0.29) is 24.8 Å². The first-order chi connectivity index (χ1) is 39.6. The molecule has 0 rings (SSSR count). The fraction of sp³-hybridized carbons (Fsp3) is 1.00. The third kappa shape index (κ3) is 94.7. The summed E-state index contributed by atoms with van der Waals surface area (Å²) < 4.78 is 0. The number of rotatable bonds is 71. The largest absolute Gasteiger partial charge is 1.00 e. The van der Waals surface area contributed by atoms with Crippen LogP contribution in [0.5, 0.6) is 0 Å². The fourth-order valence-electron chi connectivity index (χ4n) is 12.8. The lowest BCUT2D eigenvalue weighted by Gasteiger charge is -2.10. The Labute approximate surface area is 545 Å². The van der Waals surface area contributed by atoms with Crippen molar-refractivity contribution < 1.29 is 24.8 Å². The van der Waals surface area contributed by atoms with Gasteiger partial charge in [-0.15, -0.1) is 0 Å². The standard InChI is InChI=1S/C40H84P.C39H82P.2ClH/c1-5-6-7-8-9-10-11-12-13-14-15-16-17-18-19-20-21-22-23-24-25-26-27-28-29-30-31-32-33-34-35-36-37-38-39-40-41(2,3)4;1-5-6-7-8-9-10-11-12-13-14-15-16-17-18-19-20-21-22-23-24-25-26-27-28-29-30-31-32-33-34-35-36-37-38-39-40(2,3)4;;/h5-40H2,1-4H3;5-39H2,1-4H3;2*1H/q2*+1;;/p-2. The first-order valence-corrected chi connectivity index (χ1v) is 45.9. The molecule has 0 spiro atoms. The van der Waals surface area contributed by atoms with Gasteiger partial charge in [-0.2, -0.15) is 0 Å². The monoisotopic (exact) mass is 1250 g/mol. The second-order valence-corrected chi connectivity index (χ2v) is 39.8. The van der Waals surface area contributed by atoms with E-state index < -0.39 is 14.5 Å². The van der Waals surface area contributed by atoms with Gasteiger partial charge in [0.25, 0.3) is 0 Å². The number of hydrogen-bond donors (Lipinski definition) is 0. The van der Waals surface area contributed by atoms with Gasteiger partial charge < -0.3 is 24.8 Å². The zero-order chi connectivity index (χ0) is 59.2. The smallest absolute Gasteiger partial charge is 0.0586 e. The Morgan fingerprint density at radius 1 is 0.120 bits per heavy atom. The van der Waals surface area contributed by atoms with Crippen LogP contribution < -0.4 is 24.8 Å². The number of halogens is 2. The highest BCUT2D eigenvalue weighted by atomic mass is 35.5. The molecule has 0 bridgehead atoms. The Bertz CT molecular complexity index is 1070. The van der Waals surface area contributed by atoms with Crippen molar-refractivity contribution in [1.29, 1.82) is 0 Å². The third-order valence-electron chi connectivity index (χ3n) is 18.6. The molecule has 0 heterocycles. The van der Waals surface area contributed by atoms with E-state index in [1.807, 2.05) is 0 Å². The van der Waals surface area contributed by atoms with Crippen LogP contribution in [0.3, 0.4) is 0 Å². The number of hydrogen-bond acceptors (Lipinski definition) is 0. The van der Waals surface area contributed by atoms with Crippen molar-refractivity contribution >= 4 is 14.5 Å². The van der Waals surface area contributed by atoms with Crippen molar-refractivity contribution in [1.82, 2.24) is 0 Å². The van der Waals surface area contributed by atoms with Gasteiger partial charge in [-0.1, -0.05) is 431 Å². The molecule has 0 saturated carbocycles. The highest BCUT2D eigenvalue weighted by Crippen LogP contribution is 2.48. The van der Waals surface area contributed by atoms with E-state index in [1.54, 1.807) is 0 Å². The van der Waals surface area contributed by atoms with Crippen molar-refractivity contribution in [3.63, 3.8) is 0 Å². The molecule has 4 heteroatoms. The lowest BCUT2D eigenvalue weighted by atomic mass is 10.0. The summed E-state index contributed by atoms with van der Waals surface area (Å²) in [5, 5.41) is 0. The van der Waals surface area contributed by atoms with Crippen LogP contribution in [0.25, 0.3) is 0 Å². The molecule has 0 aromatic carbocycles. The Balaban J connectivity index is -0.000000734. The van der Waals surface area contributed by atoms with E-state index in [1.165, 1.54) is 455 Å². The van der Waals surface area contributed by atoms with Gasteiger partial charge in [-0.3, -0.25) is 0 Å². The quantitative estimate of drug-likeness (QED) is 0.0421. The summed E-state index contributed by atoms with van der Waals surface area (Å²) in [4.78, 5) is 0. The summed E-state index contributed by atoms with van der Waals surface area (Å²) in [5.41, 5.74) is 0. The molecule has 0 fully saturated rings. The van der Waals surface area contributed by atoms with Crippen LogP contribution in [0.15, 0.2) is 0 Å². The Morgan fingerprint density at radius 3 is 0.265 bits per heavy atom. The minimum absolute atomic E-state index is 0. The summed E-state index contributed by atoms with van der Waals surface area (Å²) >= 11 is 0. The van der Waals surface area contributed by atoms with Crippen molar-refractivity contribution in [3.05, 3.63) is 0 Å². The van der Waals surface area contributed by atoms with Gasteiger partial charge in [0.2, 0.25) is 0 Å². The maximum absolute atomic E-state index is 2.48. The van der Waals surface area contributed by atoms with Crippen molar-refractivity contribution in [2.24, 2.45) is 0 Å². The molecule has 0 aliphatic carbocycles. The van der Waals surface area contributed by atoms with Crippen LogP contribution in [0, 0.1) is 0 Å². The van der Waals surface area contributed by atoms with Crippen LogP contribution in [0.2, 0.25) is 0 Å². The average Bonchev–Trinajstić information content (AvgIpc) is 3.44. The summed E-state index contributed by atoms with van der Waals surface area (Å²) in [5.74, 6) is 0. The van der Waals surface area contributed by atoms with Crippen LogP contribution in [-0.4, -0.2) is 52.3 Å². The zero-order valence-corrected chi connectivity index (χ0v) is 63.2. The molecule has 0 nitrogen and oxygen atoms in total. The van der Waals surface area contributed by atoms with E-state index in [9.17, 15) is 0 Å². The maximum atomic E-state index is 2.48. The summed E-state index contributed by atoms with van der Waals surface area (Å²) in [6.07, 6.45) is 106. The molecule has 0 amide bonds. The summed E-state index contributed by atoms with van der Waals surface area (Å²) in [6.45, 7) is 19.5. The van der Waals surface area contributed by atoms with Gasteiger partial charge >= 0.3 is 0 Å². The minimum Gasteiger partial charge on any atom is -1.00 e. The summed E-state index contributed by atoms with van der Waals surface area (Å²) in [7, 11) is -1.04. The molecular formula is C79H166Cl2P2. The SMILES string of the molecule is CCCCCCCCCCCCCCCCCCCCCCCCCCCCCCCCCCCCC[P+](C)(C)C.CCCCCCCCCCCCCCCCCCCCCCCCCCCCCCCCCCCC[P+](C)(C)C.[Cl-].[Cl-]. The fourth-order valence-corrected chi connectivity index (χ4v) is 15.2. The molecule has 0 saturated heterocycles. The van der Waals surface area contributed by atoms with Crippen LogP contribution in [0.4, 0.5) is 0 Å². The van der Waals surface area contributed by atoms with Crippen LogP contribution in [-0.2, 0) is 0 Å². The van der Waals surface area contributed by atoms with Gasteiger partial charge in [0.15, 0.2) is 0 Å². The molecule has 0 unspecified atom stereocenters. The maximum Gasteiger partial charge on any atom is 0.0586 e. The first kappa shape index (κ1) is 90.9. The lowest BCUT2D eigenvalue weighted by Crippen LogP contribution is -3.00. The van der Waals surface area contributed by atoms with Crippen molar-refractivity contribution in [2.75, 3.05) is 52.3 Å². The Hall–Kier alpha value is 1.44. The second-order valence-electron chi connectivity index (χ2n) is 29.7. The van der Waals surface area contributed by atoms with Gasteiger partial charge in [-0.05, 0) is 25.7 Å². The first-order valence-electron chi connectivity index (χ1n) is 39.2. The molecule has 0 aromatic heterocycles. The molecule has 0 aliphatic rings. The summed E-state index contributed by atoms with van der Waals surface area (Å²) in [6, 6.07) is 0. The second kappa shape index (κ2) is 79.5. The molecule has 506 valence electrons. The minimum atomic E-state index is -0.520. The van der Waals surface area contributed by atoms with E-state index in [4.69, 9.17) is 0 Å². The molecule has 0 radical (unpaired) electrons. The zero-order valence-electron chi connectivity index (χ0n) is 59.9. The highest BCUT2D eigenvalue weighted by Gasteiger charge is 2.16. The number of unbranched alkanes of at least 4 members (excludes halogenated alkanes) is 67. The van der Waals surface area contributed by atoms with E-state index >= 15 is 0 Å². The molecule has 0 aliphatic heterocycles. The van der Waals surface area contributed by atoms with E-state index in [0.29, 0.717) is 0 Å². The molecule has 0 atom stereocenters. The van der Waals surface area contributed by atoms with E-state index in [0.717, 1.165) is 0 Å². The van der Waals surface area contributed by atoms with Crippen molar-refractivity contribution in [3.8, 4) is 0 Å². The van der Waals surface area contributed by atoms with Gasteiger partial charge in [0.1, 0.15) is 0 Å². The Morgan fingerprint density at radius 2 is 0.193 bits per heavy atom. The molecule has 0 aromatic rings.